The second-order valence-electron chi connectivity index (χ2n) is 4.54. The van der Waals surface area contributed by atoms with Crippen molar-refractivity contribution in [2.75, 3.05) is 46.9 Å². The SMILES string of the molecule is COCCN(C)CCNCC(O)c1ccccc1Cl. The molecular formula is C14H23ClN2O2. The standard InChI is InChI=1S/C14H23ClN2O2/c1-17(9-10-19-2)8-7-16-11-14(18)12-5-3-4-6-13(12)15/h3-6,14,16,18H,7-11H2,1-2H3. The third-order valence-corrected chi connectivity index (χ3v) is 3.29. The molecule has 4 nitrogen and oxygen atoms in total. The summed E-state index contributed by atoms with van der Waals surface area (Å²) in [6.45, 7) is 3.88. The van der Waals surface area contributed by atoms with Crippen molar-refractivity contribution < 1.29 is 9.84 Å². The molecule has 0 spiro atoms. The van der Waals surface area contributed by atoms with E-state index in [0.29, 0.717) is 11.6 Å². The summed E-state index contributed by atoms with van der Waals surface area (Å²) in [5.74, 6) is 0. The maximum atomic E-state index is 10.0. The molecule has 0 aromatic heterocycles. The van der Waals surface area contributed by atoms with Crippen LogP contribution in [0.5, 0.6) is 0 Å². The average Bonchev–Trinajstić information content (AvgIpc) is 2.41. The van der Waals surface area contributed by atoms with Gasteiger partial charge in [-0.05, 0) is 13.1 Å². The molecule has 0 fully saturated rings. The van der Waals surface area contributed by atoms with Crippen LogP contribution in [0.1, 0.15) is 11.7 Å². The molecule has 5 heteroatoms. The Morgan fingerprint density at radius 2 is 2.11 bits per heavy atom. The number of hydrogen-bond acceptors (Lipinski definition) is 4. The number of likely N-dealkylation sites (N-methyl/N-ethyl adjacent to an activating group) is 1. The number of ether oxygens (including phenoxy) is 1. The number of rotatable bonds is 9. The quantitative estimate of drug-likeness (QED) is 0.676. The van der Waals surface area contributed by atoms with Crippen LogP contribution in [0.2, 0.25) is 5.02 Å². The highest BCUT2D eigenvalue weighted by molar-refractivity contribution is 6.31. The van der Waals surface area contributed by atoms with E-state index in [1.54, 1.807) is 13.2 Å². The van der Waals surface area contributed by atoms with Crippen molar-refractivity contribution in [1.29, 1.82) is 0 Å². The van der Waals surface area contributed by atoms with E-state index < -0.39 is 6.10 Å². The van der Waals surface area contributed by atoms with Gasteiger partial charge in [-0.3, -0.25) is 0 Å². The van der Waals surface area contributed by atoms with Gasteiger partial charge in [-0.1, -0.05) is 29.8 Å². The van der Waals surface area contributed by atoms with Gasteiger partial charge in [0.1, 0.15) is 0 Å². The van der Waals surface area contributed by atoms with Crippen molar-refractivity contribution in [1.82, 2.24) is 10.2 Å². The Morgan fingerprint density at radius 3 is 2.79 bits per heavy atom. The fourth-order valence-corrected chi connectivity index (χ4v) is 1.98. The summed E-state index contributed by atoms with van der Waals surface area (Å²) in [4.78, 5) is 2.18. The maximum Gasteiger partial charge on any atom is 0.0928 e. The molecule has 2 N–H and O–H groups in total. The Balaban J connectivity index is 2.21. The Hall–Kier alpha value is -0.650. The van der Waals surface area contributed by atoms with Gasteiger partial charge in [-0.25, -0.2) is 0 Å². The van der Waals surface area contributed by atoms with Gasteiger partial charge in [0.15, 0.2) is 0 Å². The van der Waals surface area contributed by atoms with Crippen LogP contribution in [0.15, 0.2) is 24.3 Å². The second kappa shape index (κ2) is 9.28. The van der Waals surface area contributed by atoms with E-state index in [0.717, 1.165) is 31.8 Å². The van der Waals surface area contributed by atoms with Gasteiger partial charge < -0.3 is 20.1 Å². The zero-order chi connectivity index (χ0) is 14.1. The molecule has 0 aliphatic rings. The number of benzene rings is 1. The van der Waals surface area contributed by atoms with Gasteiger partial charge in [0.25, 0.3) is 0 Å². The third-order valence-electron chi connectivity index (χ3n) is 2.95. The number of aliphatic hydroxyl groups is 1. The Morgan fingerprint density at radius 1 is 1.37 bits per heavy atom. The van der Waals surface area contributed by atoms with E-state index in [4.69, 9.17) is 16.3 Å². The van der Waals surface area contributed by atoms with Crippen LogP contribution in [0.25, 0.3) is 0 Å². The Labute approximate surface area is 120 Å². The van der Waals surface area contributed by atoms with Gasteiger partial charge >= 0.3 is 0 Å². The summed E-state index contributed by atoms with van der Waals surface area (Å²) >= 11 is 6.03. The van der Waals surface area contributed by atoms with Crippen molar-refractivity contribution in [3.05, 3.63) is 34.9 Å². The van der Waals surface area contributed by atoms with E-state index in [2.05, 4.69) is 10.2 Å². The zero-order valence-electron chi connectivity index (χ0n) is 11.6. The molecule has 0 heterocycles. The molecule has 1 unspecified atom stereocenters. The van der Waals surface area contributed by atoms with Crippen molar-refractivity contribution >= 4 is 11.6 Å². The molecule has 0 saturated carbocycles. The number of nitrogens with one attached hydrogen (secondary N) is 1. The van der Waals surface area contributed by atoms with Crippen molar-refractivity contribution in [2.24, 2.45) is 0 Å². The first-order valence-corrected chi connectivity index (χ1v) is 6.83. The lowest BCUT2D eigenvalue weighted by atomic mass is 10.1. The van der Waals surface area contributed by atoms with Crippen molar-refractivity contribution in [3.63, 3.8) is 0 Å². The molecule has 1 rings (SSSR count). The van der Waals surface area contributed by atoms with E-state index in [9.17, 15) is 5.11 Å². The topological polar surface area (TPSA) is 44.7 Å². The number of hydrogen-bond donors (Lipinski definition) is 2. The van der Waals surface area contributed by atoms with Crippen LogP contribution in [-0.4, -0.2) is 56.9 Å². The highest BCUT2D eigenvalue weighted by Gasteiger charge is 2.10. The first-order chi connectivity index (χ1) is 9.15. The van der Waals surface area contributed by atoms with Crippen LogP contribution >= 0.6 is 11.6 Å². The first-order valence-electron chi connectivity index (χ1n) is 6.46. The molecule has 108 valence electrons. The maximum absolute atomic E-state index is 10.0. The monoisotopic (exact) mass is 286 g/mol. The number of aliphatic hydroxyl groups excluding tert-OH is 1. The van der Waals surface area contributed by atoms with E-state index >= 15 is 0 Å². The lowest BCUT2D eigenvalue weighted by molar-refractivity contribution is 0.156. The second-order valence-corrected chi connectivity index (χ2v) is 4.94. The Kier molecular flexibility index (Phi) is 8.02. The summed E-state index contributed by atoms with van der Waals surface area (Å²) in [7, 11) is 3.75. The van der Waals surface area contributed by atoms with Crippen LogP contribution in [0.3, 0.4) is 0 Å². The summed E-state index contributed by atoms with van der Waals surface area (Å²) < 4.78 is 5.01. The van der Waals surface area contributed by atoms with Gasteiger partial charge in [0, 0.05) is 43.9 Å². The molecule has 1 atom stereocenters. The molecule has 0 aliphatic carbocycles. The van der Waals surface area contributed by atoms with E-state index in [1.165, 1.54) is 0 Å². The van der Waals surface area contributed by atoms with Crippen LogP contribution < -0.4 is 5.32 Å². The third kappa shape index (κ3) is 6.36. The summed E-state index contributed by atoms with van der Waals surface area (Å²) in [5, 5.41) is 13.9. The Bertz CT molecular complexity index is 363. The van der Waals surface area contributed by atoms with E-state index in [-0.39, 0.29) is 0 Å². The molecule has 0 radical (unpaired) electrons. The molecule has 1 aromatic rings. The lowest BCUT2D eigenvalue weighted by Crippen LogP contribution is -2.33. The number of methoxy groups -OCH3 is 1. The number of nitrogens with zero attached hydrogens (tertiary/aromatic N) is 1. The fourth-order valence-electron chi connectivity index (χ4n) is 1.72. The predicted molar refractivity (Wildman–Crippen MR) is 78.7 cm³/mol. The highest BCUT2D eigenvalue weighted by Crippen LogP contribution is 2.21. The molecule has 19 heavy (non-hydrogen) atoms. The van der Waals surface area contributed by atoms with Gasteiger partial charge in [-0.2, -0.15) is 0 Å². The lowest BCUT2D eigenvalue weighted by Gasteiger charge is -2.18. The average molecular weight is 287 g/mol. The molecule has 0 bridgehead atoms. The summed E-state index contributed by atoms with van der Waals surface area (Å²) in [6.07, 6.45) is -0.571. The summed E-state index contributed by atoms with van der Waals surface area (Å²) in [5.41, 5.74) is 0.768. The summed E-state index contributed by atoms with van der Waals surface area (Å²) in [6, 6.07) is 7.37. The minimum atomic E-state index is -0.571. The van der Waals surface area contributed by atoms with Crippen LogP contribution in [0, 0.1) is 0 Å². The van der Waals surface area contributed by atoms with Gasteiger partial charge in [0.2, 0.25) is 0 Å². The molecule has 0 saturated heterocycles. The number of halogens is 1. The van der Waals surface area contributed by atoms with Crippen molar-refractivity contribution in [2.45, 2.75) is 6.10 Å². The molecule has 0 aliphatic heterocycles. The first kappa shape index (κ1) is 16.4. The minimum absolute atomic E-state index is 0.502. The van der Waals surface area contributed by atoms with Crippen LogP contribution in [0.4, 0.5) is 0 Å². The molecular weight excluding hydrogens is 264 g/mol. The fraction of sp³-hybridized carbons (Fsp3) is 0.571. The minimum Gasteiger partial charge on any atom is -0.387 e. The smallest absolute Gasteiger partial charge is 0.0928 e. The normalized spacial score (nSPS) is 12.9. The molecule has 0 amide bonds. The largest absolute Gasteiger partial charge is 0.387 e. The zero-order valence-corrected chi connectivity index (χ0v) is 12.4. The van der Waals surface area contributed by atoms with Gasteiger partial charge in [-0.15, -0.1) is 0 Å². The van der Waals surface area contributed by atoms with E-state index in [1.807, 2.05) is 25.2 Å². The van der Waals surface area contributed by atoms with Gasteiger partial charge in [0.05, 0.1) is 12.7 Å². The molecule has 1 aromatic carbocycles. The predicted octanol–water partition coefficient (Wildman–Crippen LogP) is 1.54. The highest BCUT2D eigenvalue weighted by atomic mass is 35.5. The van der Waals surface area contributed by atoms with Crippen LogP contribution in [-0.2, 0) is 4.74 Å². The van der Waals surface area contributed by atoms with Crippen molar-refractivity contribution in [3.8, 4) is 0 Å².